The highest BCUT2D eigenvalue weighted by molar-refractivity contribution is 7.98. The van der Waals surface area contributed by atoms with Gasteiger partial charge in [0.05, 0.1) is 12.0 Å². The summed E-state index contributed by atoms with van der Waals surface area (Å²) in [6, 6.07) is 2.58. The van der Waals surface area contributed by atoms with Gasteiger partial charge < -0.3 is 9.73 Å². The number of furan rings is 1. The second kappa shape index (κ2) is 5.35. The molecule has 1 atom stereocenters. The number of hydrogen-bond donors (Lipinski definition) is 1. The van der Waals surface area contributed by atoms with Gasteiger partial charge in [0.2, 0.25) is 0 Å². The molecule has 1 aromatic heterocycles. The summed E-state index contributed by atoms with van der Waals surface area (Å²) < 4.78 is 5.34. The van der Waals surface area contributed by atoms with Crippen LogP contribution >= 0.6 is 11.8 Å². The molecule has 0 saturated heterocycles. The predicted octanol–water partition coefficient (Wildman–Crippen LogP) is 2.43. The standard InChI is InChI=1S/C10H17NOS/c1-8-4-5-12-10(8)7-13-6-9(2)11-3/h4-5,9,11H,6-7H2,1-3H3. The van der Waals surface area contributed by atoms with E-state index < -0.39 is 0 Å². The van der Waals surface area contributed by atoms with E-state index in [1.807, 2.05) is 24.9 Å². The van der Waals surface area contributed by atoms with Crippen molar-refractivity contribution in [1.82, 2.24) is 5.32 Å². The van der Waals surface area contributed by atoms with Crippen LogP contribution in [0.2, 0.25) is 0 Å². The zero-order valence-corrected chi connectivity index (χ0v) is 9.28. The van der Waals surface area contributed by atoms with E-state index in [1.165, 1.54) is 5.56 Å². The van der Waals surface area contributed by atoms with E-state index in [2.05, 4.69) is 19.2 Å². The Morgan fingerprint density at radius 2 is 2.38 bits per heavy atom. The van der Waals surface area contributed by atoms with Gasteiger partial charge in [-0.1, -0.05) is 0 Å². The number of nitrogens with one attached hydrogen (secondary N) is 1. The molecule has 0 radical (unpaired) electrons. The maximum Gasteiger partial charge on any atom is 0.116 e. The summed E-state index contributed by atoms with van der Waals surface area (Å²) in [4.78, 5) is 0. The molecule has 0 spiro atoms. The van der Waals surface area contributed by atoms with Crippen LogP contribution in [-0.2, 0) is 5.75 Å². The van der Waals surface area contributed by atoms with Gasteiger partial charge in [0, 0.05) is 11.8 Å². The van der Waals surface area contributed by atoms with E-state index in [0.717, 1.165) is 17.3 Å². The van der Waals surface area contributed by atoms with Gasteiger partial charge in [-0.15, -0.1) is 0 Å². The van der Waals surface area contributed by atoms with E-state index in [-0.39, 0.29) is 0 Å². The molecule has 0 saturated carbocycles. The summed E-state index contributed by atoms with van der Waals surface area (Å²) in [5, 5.41) is 3.21. The molecule has 1 heterocycles. The molecule has 74 valence electrons. The van der Waals surface area contributed by atoms with Gasteiger partial charge in [0.25, 0.3) is 0 Å². The van der Waals surface area contributed by atoms with Crippen LogP contribution < -0.4 is 5.32 Å². The molecule has 0 fully saturated rings. The average molecular weight is 199 g/mol. The second-order valence-corrected chi connectivity index (χ2v) is 4.26. The third kappa shape index (κ3) is 3.44. The van der Waals surface area contributed by atoms with Gasteiger partial charge in [0.1, 0.15) is 5.76 Å². The molecular formula is C10H17NOS. The molecule has 0 aromatic carbocycles. The predicted molar refractivity (Wildman–Crippen MR) is 58.1 cm³/mol. The van der Waals surface area contributed by atoms with Crippen molar-refractivity contribution in [3.63, 3.8) is 0 Å². The topological polar surface area (TPSA) is 25.2 Å². The average Bonchev–Trinajstić information content (AvgIpc) is 2.52. The van der Waals surface area contributed by atoms with Gasteiger partial charge in [-0.3, -0.25) is 0 Å². The van der Waals surface area contributed by atoms with Crippen LogP contribution in [0.5, 0.6) is 0 Å². The summed E-state index contributed by atoms with van der Waals surface area (Å²) in [6.07, 6.45) is 1.76. The summed E-state index contributed by atoms with van der Waals surface area (Å²) in [6.45, 7) is 4.27. The molecule has 0 amide bonds. The fraction of sp³-hybridized carbons (Fsp3) is 0.600. The smallest absolute Gasteiger partial charge is 0.116 e. The van der Waals surface area contributed by atoms with Gasteiger partial charge in [-0.05, 0) is 32.5 Å². The number of hydrogen-bond acceptors (Lipinski definition) is 3. The van der Waals surface area contributed by atoms with E-state index in [0.29, 0.717) is 6.04 Å². The Morgan fingerprint density at radius 3 is 2.92 bits per heavy atom. The van der Waals surface area contributed by atoms with Crippen LogP contribution in [0.25, 0.3) is 0 Å². The lowest BCUT2D eigenvalue weighted by atomic mass is 10.3. The zero-order chi connectivity index (χ0) is 9.68. The van der Waals surface area contributed by atoms with E-state index in [1.54, 1.807) is 6.26 Å². The second-order valence-electron chi connectivity index (χ2n) is 3.23. The lowest BCUT2D eigenvalue weighted by Gasteiger charge is -2.08. The van der Waals surface area contributed by atoms with Crippen molar-refractivity contribution < 1.29 is 4.42 Å². The first kappa shape index (κ1) is 10.7. The highest BCUT2D eigenvalue weighted by Crippen LogP contribution is 2.17. The van der Waals surface area contributed by atoms with Gasteiger partial charge in [-0.25, -0.2) is 0 Å². The molecular weight excluding hydrogens is 182 g/mol. The Kier molecular flexibility index (Phi) is 4.39. The molecule has 13 heavy (non-hydrogen) atoms. The lowest BCUT2D eigenvalue weighted by Crippen LogP contribution is -2.23. The summed E-state index contributed by atoms with van der Waals surface area (Å²) in [5.41, 5.74) is 1.25. The molecule has 1 rings (SSSR count). The minimum atomic E-state index is 0.570. The minimum Gasteiger partial charge on any atom is -0.468 e. The summed E-state index contributed by atoms with van der Waals surface area (Å²) in [5.74, 6) is 3.20. The molecule has 0 aliphatic heterocycles. The van der Waals surface area contributed by atoms with Crippen molar-refractivity contribution in [3.05, 3.63) is 23.7 Å². The Labute approximate surface area is 84.1 Å². The fourth-order valence-corrected chi connectivity index (χ4v) is 2.08. The third-order valence-electron chi connectivity index (χ3n) is 2.06. The molecule has 1 aromatic rings. The zero-order valence-electron chi connectivity index (χ0n) is 8.46. The van der Waals surface area contributed by atoms with Gasteiger partial charge >= 0.3 is 0 Å². The maximum atomic E-state index is 5.34. The number of thioether (sulfide) groups is 1. The van der Waals surface area contributed by atoms with Crippen LogP contribution in [0.1, 0.15) is 18.2 Å². The van der Waals surface area contributed by atoms with Crippen LogP contribution in [0.3, 0.4) is 0 Å². The first-order valence-corrected chi connectivity index (χ1v) is 5.67. The Hall–Kier alpha value is -0.410. The van der Waals surface area contributed by atoms with E-state index >= 15 is 0 Å². The van der Waals surface area contributed by atoms with Crippen LogP contribution in [-0.4, -0.2) is 18.8 Å². The molecule has 3 heteroatoms. The largest absolute Gasteiger partial charge is 0.468 e. The van der Waals surface area contributed by atoms with E-state index in [4.69, 9.17) is 4.42 Å². The lowest BCUT2D eigenvalue weighted by molar-refractivity contribution is 0.527. The van der Waals surface area contributed by atoms with Crippen LogP contribution in [0, 0.1) is 6.92 Å². The molecule has 2 nitrogen and oxygen atoms in total. The monoisotopic (exact) mass is 199 g/mol. The first-order chi connectivity index (χ1) is 6.24. The first-order valence-electron chi connectivity index (χ1n) is 4.52. The van der Waals surface area contributed by atoms with Crippen molar-refractivity contribution in [1.29, 1.82) is 0 Å². The Bertz CT molecular complexity index is 247. The number of aryl methyl sites for hydroxylation is 1. The Balaban J connectivity index is 2.24. The molecule has 0 aliphatic rings. The number of rotatable bonds is 5. The van der Waals surface area contributed by atoms with Crippen molar-refractivity contribution in [3.8, 4) is 0 Å². The fourth-order valence-electron chi connectivity index (χ4n) is 0.964. The SMILES string of the molecule is CNC(C)CSCc1occc1C. The Morgan fingerprint density at radius 1 is 1.62 bits per heavy atom. The van der Waals surface area contributed by atoms with Crippen LogP contribution in [0.4, 0.5) is 0 Å². The molecule has 0 bridgehead atoms. The molecule has 1 N–H and O–H groups in total. The van der Waals surface area contributed by atoms with E-state index in [9.17, 15) is 0 Å². The summed E-state index contributed by atoms with van der Waals surface area (Å²) >= 11 is 1.90. The van der Waals surface area contributed by atoms with Crippen molar-refractivity contribution in [2.75, 3.05) is 12.8 Å². The van der Waals surface area contributed by atoms with Gasteiger partial charge in [-0.2, -0.15) is 11.8 Å². The maximum absolute atomic E-state index is 5.34. The van der Waals surface area contributed by atoms with Crippen molar-refractivity contribution in [2.45, 2.75) is 25.6 Å². The summed E-state index contributed by atoms with van der Waals surface area (Å²) in [7, 11) is 1.99. The van der Waals surface area contributed by atoms with Crippen molar-refractivity contribution >= 4 is 11.8 Å². The highest BCUT2D eigenvalue weighted by atomic mass is 32.2. The minimum absolute atomic E-state index is 0.570. The highest BCUT2D eigenvalue weighted by Gasteiger charge is 2.03. The normalized spacial score (nSPS) is 13.2. The van der Waals surface area contributed by atoms with Gasteiger partial charge in [0.15, 0.2) is 0 Å². The van der Waals surface area contributed by atoms with Crippen molar-refractivity contribution in [2.24, 2.45) is 0 Å². The molecule has 1 unspecified atom stereocenters. The molecule has 0 aliphatic carbocycles. The van der Waals surface area contributed by atoms with Crippen LogP contribution in [0.15, 0.2) is 16.7 Å². The quantitative estimate of drug-likeness (QED) is 0.788. The third-order valence-corrected chi connectivity index (χ3v) is 3.26.